The number of ether oxygens (including phenoxy) is 2. The lowest BCUT2D eigenvalue weighted by Crippen LogP contribution is -2.10. The van der Waals surface area contributed by atoms with Gasteiger partial charge in [-0.3, -0.25) is 0 Å². The highest BCUT2D eigenvalue weighted by atomic mass is 32.2. The van der Waals surface area contributed by atoms with Crippen molar-refractivity contribution in [1.82, 2.24) is 0 Å². The second-order valence-corrected chi connectivity index (χ2v) is 5.64. The minimum Gasteiger partial charge on any atom is -0.494 e. The van der Waals surface area contributed by atoms with E-state index in [1.54, 1.807) is 30.3 Å². The predicted molar refractivity (Wildman–Crippen MR) is 78.4 cm³/mol. The molecule has 0 aromatic heterocycles. The molecule has 0 radical (unpaired) electrons. The Kier molecular flexibility index (Phi) is 4.70. The molecule has 0 amide bonds. The highest BCUT2D eigenvalue weighted by Gasteiger charge is 2.18. The summed E-state index contributed by atoms with van der Waals surface area (Å²) in [4.78, 5) is 0.0526. The topological polar surface area (TPSA) is 61.8 Å². The Balaban J connectivity index is 2.25. The van der Waals surface area contributed by atoms with Crippen LogP contribution in [0.2, 0.25) is 0 Å². The van der Waals surface area contributed by atoms with Gasteiger partial charge in [-0.15, -0.1) is 0 Å². The van der Waals surface area contributed by atoms with Gasteiger partial charge in [-0.05, 0) is 43.3 Å². The van der Waals surface area contributed by atoms with Crippen LogP contribution in [-0.2, 0) is 10.1 Å². The van der Waals surface area contributed by atoms with E-state index in [1.807, 2.05) is 6.92 Å². The smallest absolute Gasteiger partial charge is 0.339 e. The van der Waals surface area contributed by atoms with Gasteiger partial charge in [0.25, 0.3) is 0 Å². The van der Waals surface area contributed by atoms with Crippen LogP contribution in [-0.4, -0.2) is 22.1 Å². The zero-order valence-corrected chi connectivity index (χ0v) is 12.6. The summed E-state index contributed by atoms with van der Waals surface area (Å²) >= 11 is 0. The minimum absolute atomic E-state index is 0.0526. The Morgan fingerprint density at radius 1 is 0.952 bits per heavy atom. The van der Waals surface area contributed by atoms with Crippen molar-refractivity contribution < 1.29 is 22.1 Å². The number of hydrogen-bond donors (Lipinski definition) is 0. The van der Waals surface area contributed by atoms with Gasteiger partial charge in [-0.25, -0.2) is 0 Å². The van der Waals surface area contributed by atoms with Gasteiger partial charge in [-0.1, -0.05) is 12.1 Å². The van der Waals surface area contributed by atoms with Crippen molar-refractivity contribution in [3.05, 3.63) is 48.5 Å². The Hall–Kier alpha value is -2.21. The van der Waals surface area contributed by atoms with Crippen LogP contribution in [0.1, 0.15) is 6.92 Å². The van der Waals surface area contributed by atoms with E-state index in [9.17, 15) is 8.42 Å². The Morgan fingerprint density at radius 2 is 1.57 bits per heavy atom. The number of hydrogen-bond acceptors (Lipinski definition) is 5. The van der Waals surface area contributed by atoms with E-state index in [4.69, 9.17) is 13.7 Å². The van der Waals surface area contributed by atoms with Crippen molar-refractivity contribution in [2.45, 2.75) is 11.8 Å². The summed E-state index contributed by atoms with van der Waals surface area (Å²) in [6.45, 7) is 2.37. The molecule has 0 saturated heterocycles. The highest BCUT2D eigenvalue weighted by molar-refractivity contribution is 7.87. The van der Waals surface area contributed by atoms with E-state index in [1.165, 1.54) is 25.3 Å². The lowest BCUT2D eigenvalue weighted by atomic mass is 10.3. The first-order valence-corrected chi connectivity index (χ1v) is 7.78. The molecule has 112 valence electrons. The van der Waals surface area contributed by atoms with Gasteiger partial charge in [0.05, 0.1) is 13.7 Å². The Labute approximate surface area is 124 Å². The van der Waals surface area contributed by atoms with E-state index in [2.05, 4.69) is 0 Å². The average molecular weight is 308 g/mol. The van der Waals surface area contributed by atoms with Crippen LogP contribution in [0.3, 0.4) is 0 Å². The SMILES string of the molecule is CCOc1ccc(S(=O)(=O)Oc2ccccc2OC)cc1. The monoisotopic (exact) mass is 308 g/mol. The quantitative estimate of drug-likeness (QED) is 0.768. The number of para-hydroxylation sites is 2. The van der Waals surface area contributed by atoms with Crippen molar-refractivity contribution in [2.24, 2.45) is 0 Å². The predicted octanol–water partition coefficient (Wildman–Crippen LogP) is 2.86. The molecule has 0 atom stereocenters. The van der Waals surface area contributed by atoms with E-state index in [0.29, 0.717) is 18.1 Å². The third-order valence-electron chi connectivity index (χ3n) is 2.69. The summed E-state index contributed by atoms with van der Waals surface area (Å²) < 4.78 is 39.9. The second-order valence-electron chi connectivity index (χ2n) is 4.09. The largest absolute Gasteiger partial charge is 0.494 e. The van der Waals surface area contributed by atoms with Crippen molar-refractivity contribution in [3.8, 4) is 17.2 Å². The average Bonchev–Trinajstić information content (AvgIpc) is 2.48. The zero-order valence-electron chi connectivity index (χ0n) is 11.8. The normalized spacial score (nSPS) is 11.0. The summed E-state index contributed by atoms with van der Waals surface area (Å²) in [7, 11) is -2.46. The standard InChI is InChI=1S/C15H16O5S/c1-3-19-12-8-10-13(11-9-12)21(16,17)20-15-7-5-4-6-14(15)18-2/h4-11H,3H2,1-2H3. The fraction of sp³-hybridized carbons (Fsp3) is 0.200. The van der Waals surface area contributed by atoms with E-state index >= 15 is 0 Å². The van der Waals surface area contributed by atoms with Crippen LogP contribution in [0.4, 0.5) is 0 Å². The molecule has 0 fully saturated rings. The summed E-state index contributed by atoms with van der Waals surface area (Å²) in [5.74, 6) is 1.11. The third-order valence-corrected chi connectivity index (χ3v) is 3.94. The van der Waals surface area contributed by atoms with Gasteiger partial charge >= 0.3 is 10.1 Å². The fourth-order valence-electron chi connectivity index (χ4n) is 1.72. The fourth-order valence-corrected chi connectivity index (χ4v) is 2.66. The first kappa shape index (κ1) is 15.2. The summed E-state index contributed by atoms with van der Waals surface area (Å²) in [5.41, 5.74) is 0. The van der Waals surface area contributed by atoms with Crippen molar-refractivity contribution >= 4 is 10.1 Å². The molecule has 0 heterocycles. The number of benzene rings is 2. The highest BCUT2D eigenvalue weighted by Crippen LogP contribution is 2.29. The molecule has 0 aliphatic carbocycles. The minimum atomic E-state index is -3.91. The van der Waals surface area contributed by atoms with E-state index in [0.717, 1.165) is 0 Å². The molecule has 0 N–H and O–H groups in total. The van der Waals surface area contributed by atoms with Crippen LogP contribution >= 0.6 is 0 Å². The van der Waals surface area contributed by atoms with Crippen LogP contribution in [0, 0.1) is 0 Å². The summed E-state index contributed by atoms with van der Waals surface area (Å²) in [6.07, 6.45) is 0. The van der Waals surface area contributed by atoms with Crippen LogP contribution < -0.4 is 13.7 Å². The van der Waals surface area contributed by atoms with Crippen molar-refractivity contribution in [1.29, 1.82) is 0 Å². The number of methoxy groups -OCH3 is 1. The number of rotatable bonds is 6. The Morgan fingerprint density at radius 3 is 2.14 bits per heavy atom. The van der Waals surface area contributed by atoms with Gasteiger partial charge in [0.2, 0.25) is 0 Å². The van der Waals surface area contributed by atoms with Crippen LogP contribution in [0.15, 0.2) is 53.4 Å². The molecule has 0 bridgehead atoms. The summed E-state index contributed by atoms with van der Waals surface area (Å²) in [6, 6.07) is 12.6. The maximum Gasteiger partial charge on any atom is 0.339 e. The van der Waals surface area contributed by atoms with Crippen LogP contribution in [0.25, 0.3) is 0 Å². The molecule has 0 aliphatic rings. The molecule has 2 rings (SSSR count). The molecule has 0 unspecified atom stereocenters. The Bertz CT molecular complexity index is 692. The molecular formula is C15H16O5S. The van der Waals surface area contributed by atoms with E-state index in [-0.39, 0.29) is 10.6 Å². The molecule has 0 aliphatic heterocycles. The maximum atomic E-state index is 12.2. The van der Waals surface area contributed by atoms with Gasteiger partial charge in [0, 0.05) is 0 Å². The first-order valence-electron chi connectivity index (χ1n) is 6.37. The molecule has 0 saturated carbocycles. The van der Waals surface area contributed by atoms with Gasteiger partial charge in [-0.2, -0.15) is 8.42 Å². The molecule has 2 aromatic rings. The third kappa shape index (κ3) is 3.66. The lowest BCUT2D eigenvalue weighted by molar-refractivity contribution is 0.340. The molecule has 21 heavy (non-hydrogen) atoms. The molecule has 0 spiro atoms. The molecule has 2 aromatic carbocycles. The second kappa shape index (κ2) is 6.49. The van der Waals surface area contributed by atoms with Crippen molar-refractivity contribution in [2.75, 3.05) is 13.7 Å². The van der Waals surface area contributed by atoms with E-state index < -0.39 is 10.1 Å². The zero-order chi connectivity index (χ0) is 15.3. The molecular weight excluding hydrogens is 292 g/mol. The summed E-state index contributed by atoms with van der Waals surface area (Å²) in [5, 5.41) is 0. The molecule has 5 nitrogen and oxygen atoms in total. The van der Waals surface area contributed by atoms with Gasteiger partial charge < -0.3 is 13.7 Å². The first-order chi connectivity index (χ1) is 10.1. The maximum absolute atomic E-state index is 12.2. The van der Waals surface area contributed by atoms with Crippen molar-refractivity contribution in [3.63, 3.8) is 0 Å². The molecule has 6 heteroatoms. The van der Waals surface area contributed by atoms with Gasteiger partial charge in [0.15, 0.2) is 11.5 Å². The van der Waals surface area contributed by atoms with Crippen LogP contribution in [0.5, 0.6) is 17.2 Å². The van der Waals surface area contributed by atoms with Gasteiger partial charge in [0.1, 0.15) is 10.6 Å². The lowest BCUT2D eigenvalue weighted by Gasteiger charge is -2.10.